The fraction of sp³-hybridized carbons (Fsp3) is 0.452. The van der Waals surface area contributed by atoms with Crippen molar-refractivity contribution in [2.45, 2.75) is 111 Å². The van der Waals surface area contributed by atoms with Gasteiger partial charge in [0.25, 0.3) is 0 Å². The van der Waals surface area contributed by atoms with Crippen molar-refractivity contribution in [1.29, 1.82) is 0 Å². The standard InChI is InChI=1S/C24H34N2.C12H20Br2.C6H7N/c1-23-16-15-19-25(22-23)18-12-9-7-5-3-4-6-8-10-13-20-26-21-14-11-17-24(26)2;13-11-9-7-5-3-1-2-4-6-8-10-12-14;1-6-3-2-4-7-5-6/h3-6,11,14-17,19,21-22H,7-10,12-13,18,20H2,1-2H3;1-4H,5-12H2;2-5H,1H3/q+2;;/b5-3-,6-4-;3-1-,4-2-;. The molecule has 0 aliphatic carbocycles. The molecule has 3 heterocycles. The van der Waals surface area contributed by atoms with Gasteiger partial charge in [0.1, 0.15) is 13.1 Å². The van der Waals surface area contributed by atoms with Crippen LogP contribution in [0.25, 0.3) is 0 Å². The van der Waals surface area contributed by atoms with E-state index in [-0.39, 0.29) is 0 Å². The zero-order valence-corrected chi connectivity index (χ0v) is 32.6. The first kappa shape index (κ1) is 42.4. The number of allylic oxidation sites excluding steroid dienone is 8. The Labute approximate surface area is 304 Å². The minimum atomic E-state index is 1.12. The molecule has 0 spiro atoms. The molecule has 3 aromatic heterocycles. The summed E-state index contributed by atoms with van der Waals surface area (Å²) in [4.78, 5) is 3.88. The molecule has 0 radical (unpaired) electrons. The Bertz CT molecular complexity index is 1230. The van der Waals surface area contributed by atoms with E-state index in [1.54, 1.807) is 6.20 Å². The lowest BCUT2D eigenvalue weighted by molar-refractivity contribution is -0.703. The van der Waals surface area contributed by atoms with Crippen molar-refractivity contribution in [3.05, 3.63) is 139 Å². The second kappa shape index (κ2) is 31.9. The van der Waals surface area contributed by atoms with Crippen LogP contribution in [0.2, 0.25) is 0 Å². The smallest absolute Gasteiger partial charge is 0.178 e. The fourth-order valence-electron chi connectivity index (χ4n) is 4.57. The van der Waals surface area contributed by atoms with Crippen LogP contribution >= 0.6 is 31.9 Å². The van der Waals surface area contributed by atoms with Crippen LogP contribution in [0, 0.1) is 20.8 Å². The number of halogens is 2. The average Bonchev–Trinajstić information content (AvgIpc) is 3.08. The number of aryl methyl sites for hydroxylation is 5. The second-order valence-electron chi connectivity index (χ2n) is 11.8. The normalized spacial score (nSPS) is 11.3. The summed E-state index contributed by atoms with van der Waals surface area (Å²) in [5.74, 6) is 0. The van der Waals surface area contributed by atoms with Crippen LogP contribution in [0.5, 0.6) is 0 Å². The van der Waals surface area contributed by atoms with Crippen molar-refractivity contribution >= 4 is 31.9 Å². The number of pyridine rings is 3. The molecule has 5 heteroatoms. The maximum absolute atomic E-state index is 3.88. The highest BCUT2D eigenvalue weighted by Crippen LogP contribution is 2.02. The third kappa shape index (κ3) is 27.1. The molecule has 0 unspecified atom stereocenters. The molecule has 3 nitrogen and oxygen atoms in total. The van der Waals surface area contributed by atoms with E-state index < -0.39 is 0 Å². The highest BCUT2D eigenvalue weighted by Gasteiger charge is 2.02. The minimum Gasteiger partial charge on any atom is -0.264 e. The molecule has 0 aromatic carbocycles. The van der Waals surface area contributed by atoms with Crippen LogP contribution < -0.4 is 9.13 Å². The quantitative estimate of drug-likeness (QED) is 0.0485. The number of hydrogen-bond donors (Lipinski definition) is 0. The lowest BCUT2D eigenvalue weighted by atomic mass is 10.2. The van der Waals surface area contributed by atoms with Gasteiger partial charge in [-0.1, -0.05) is 92.6 Å². The highest BCUT2D eigenvalue weighted by molar-refractivity contribution is 9.09. The van der Waals surface area contributed by atoms with E-state index >= 15 is 0 Å². The van der Waals surface area contributed by atoms with Gasteiger partial charge in [0, 0.05) is 66.6 Å². The van der Waals surface area contributed by atoms with Crippen molar-refractivity contribution in [3.8, 4) is 0 Å². The van der Waals surface area contributed by atoms with Crippen molar-refractivity contribution in [2.24, 2.45) is 0 Å². The van der Waals surface area contributed by atoms with E-state index in [0.29, 0.717) is 0 Å². The van der Waals surface area contributed by atoms with Gasteiger partial charge in [-0.3, -0.25) is 4.98 Å². The number of rotatable bonds is 20. The van der Waals surface area contributed by atoms with Crippen molar-refractivity contribution in [1.82, 2.24) is 4.98 Å². The first-order chi connectivity index (χ1) is 23.1. The third-order valence-electron chi connectivity index (χ3n) is 7.32. The van der Waals surface area contributed by atoms with Gasteiger partial charge in [-0.15, -0.1) is 0 Å². The molecule has 47 heavy (non-hydrogen) atoms. The Morgan fingerprint density at radius 2 is 1.13 bits per heavy atom. The number of unbranched alkanes of at least 4 members (excludes halogenated alkanes) is 8. The van der Waals surface area contributed by atoms with E-state index in [2.05, 4.69) is 157 Å². The first-order valence-corrected chi connectivity index (χ1v) is 19.8. The fourth-order valence-corrected chi connectivity index (χ4v) is 5.36. The van der Waals surface area contributed by atoms with E-state index in [0.717, 1.165) is 23.7 Å². The largest absolute Gasteiger partial charge is 0.264 e. The number of aromatic nitrogens is 3. The van der Waals surface area contributed by atoms with E-state index in [4.69, 9.17) is 0 Å². The summed E-state index contributed by atoms with van der Waals surface area (Å²) < 4.78 is 4.62. The molecule has 0 aliphatic rings. The topological polar surface area (TPSA) is 20.6 Å². The third-order valence-corrected chi connectivity index (χ3v) is 8.44. The molecule has 0 saturated heterocycles. The molecule has 0 N–H and O–H groups in total. The Balaban J connectivity index is 0.000000436. The maximum Gasteiger partial charge on any atom is 0.178 e. The van der Waals surface area contributed by atoms with Crippen LogP contribution in [0.3, 0.4) is 0 Å². The summed E-state index contributed by atoms with van der Waals surface area (Å²) in [6.45, 7) is 8.57. The van der Waals surface area contributed by atoms with E-state index in [1.807, 2.05) is 25.3 Å². The van der Waals surface area contributed by atoms with Crippen LogP contribution in [0.1, 0.15) is 93.9 Å². The van der Waals surface area contributed by atoms with Crippen molar-refractivity contribution < 1.29 is 9.13 Å². The summed E-state index contributed by atoms with van der Waals surface area (Å²) in [5.41, 5.74) is 3.88. The minimum absolute atomic E-state index is 1.12. The zero-order chi connectivity index (χ0) is 34.0. The number of nitrogens with zero attached hydrogens (tertiary/aromatic N) is 3. The van der Waals surface area contributed by atoms with Gasteiger partial charge < -0.3 is 0 Å². The number of hydrogen-bond acceptors (Lipinski definition) is 1. The molecular weight excluding hydrogens is 706 g/mol. The molecule has 256 valence electrons. The summed E-state index contributed by atoms with van der Waals surface area (Å²) in [7, 11) is 0. The Morgan fingerprint density at radius 3 is 1.60 bits per heavy atom. The van der Waals surface area contributed by atoms with Gasteiger partial charge in [0.05, 0.1) is 0 Å². The summed E-state index contributed by atoms with van der Waals surface area (Å²) in [6, 6.07) is 14.6. The highest BCUT2D eigenvalue weighted by atomic mass is 79.9. The summed E-state index contributed by atoms with van der Waals surface area (Å²) in [6.07, 6.45) is 42.8. The van der Waals surface area contributed by atoms with Crippen LogP contribution in [-0.2, 0) is 13.1 Å². The molecule has 3 rings (SSSR count). The van der Waals surface area contributed by atoms with Gasteiger partial charge >= 0.3 is 0 Å². The second-order valence-corrected chi connectivity index (χ2v) is 13.3. The lowest BCUT2D eigenvalue weighted by Gasteiger charge is -1.98. The maximum atomic E-state index is 3.88. The lowest BCUT2D eigenvalue weighted by Crippen LogP contribution is -2.36. The van der Waals surface area contributed by atoms with Crippen LogP contribution in [0.15, 0.2) is 122 Å². The average molecular weight is 768 g/mol. The van der Waals surface area contributed by atoms with E-state index in [9.17, 15) is 0 Å². The molecule has 0 amide bonds. The van der Waals surface area contributed by atoms with Gasteiger partial charge in [0.2, 0.25) is 0 Å². The van der Waals surface area contributed by atoms with Gasteiger partial charge in [-0.05, 0) is 95.8 Å². The summed E-state index contributed by atoms with van der Waals surface area (Å²) >= 11 is 6.85. The molecule has 0 aliphatic heterocycles. The molecule has 0 saturated carbocycles. The first-order valence-electron chi connectivity index (χ1n) is 17.6. The van der Waals surface area contributed by atoms with Crippen LogP contribution in [0.4, 0.5) is 0 Å². The van der Waals surface area contributed by atoms with Gasteiger partial charge in [-0.25, -0.2) is 9.13 Å². The Hall–Kier alpha value is -2.63. The predicted octanol–water partition coefficient (Wildman–Crippen LogP) is 11.7. The molecule has 0 fully saturated rings. The van der Waals surface area contributed by atoms with E-state index in [1.165, 1.54) is 93.9 Å². The van der Waals surface area contributed by atoms with Crippen LogP contribution in [-0.4, -0.2) is 15.6 Å². The Morgan fingerprint density at radius 1 is 0.574 bits per heavy atom. The predicted molar refractivity (Wildman–Crippen MR) is 211 cm³/mol. The zero-order valence-electron chi connectivity index (χ0n) is 29.5. The van der Waals surface area contributed by atoms with Crippen molar-refractivity contribution in [2.75, 3.05) is 10.7 Å². The van der Waals surface area contributed by atoms with Gasteiger partial charge in [-0.2, -0.15) is 0 Å². The van der Waals surface area contributed by atoms with Crippen molar-refractivity contribution in [3.63, 3.8) is 0 Å². The molecule has 0 bridgehead atoms. The van der Waals surface area contributed by atoms with Gasteiger partial charge in [0.15, 0.2) is 24.3 Å². The molecule has 0 atom stereocenters. The molecule has 3 aromatic rings. The monoisotopic (exact) mass is 765 g/mol. The summed E-state index contributed by atoms with van der Waals surface area (Å²) in [5, 5.41) is 2.26. The SMILES string of the molecule is BrCCCC/C=C\C=C/CCCCBr.Cc1ccc[n+](CCCC/C=C\C=C/CCCC[n+]2ccccc2C)c1.Cc1cccnc1. The molecular formula is C42H61Br2N3+2. The number of alkyl halides is 2. The Kier molecular flexibility index (Phi) is 28.8.